The van der Waals surface area contributed by atoms with Crippen LogP contribution in [0.4, 0.5) is 11.4 Å². The molecule has 0 atom stereocenters. The highest BCUT2D eigenvalue weighted by Crippen LogP contribution is 2.30. The van der Waals surface area contributed by atoms with Crippen LogP contribution in [0.5, 0.6) is 23.0 Å². The molecule has 0 spiro atoms. The molecule has 3 aromatic carbocycles. The summed E-state index contributed by atoms with van der Waals surface area (Å²) in [5.74, 6) is 1.43. The van der Waals surface area contributed by atoms with Crippen molar-refractivity contribution in [2.24, 2.45) is 0 Å². The summed E-state index contributed by atoms with van der Waals surface area (Å²) in [6.45, 7) is 0.119. The lowest BCUT2D eigenvalue weighted by Crippen LogP contribution is -2.14. The molecule has 1 aromatic heterocycles. The van der Waals surface area contributed by atoms with Gasteiger partial charge < -0.3 is 19.5 Å². The summed E-state index contributed by atoms with van der Waals surface area (Å²) in [5.41, 5.74) is 0.0849. The minimum absolute atomic E-state index is 0.119. The van der Waals surface area contributed by atoms with E-state index in [0.717, 1.165) is 0 Å². The van der Waals surface area contributed by atoms with Crippen LogP contribution < -0.4 is 19.5 Å². The number of amides is 1. The van der Waals surface area contributed by atoms with Crippen molar-refractivity contribution >= 4 is 17.3 Å². The molecule has 0 bridgehead atoms. The van der Waals surface area contributed by atoms with Crippen LogP contribution in [0, 0.1) is 10.1 Å². The molecule has 10 heteroatoms. The largest absolute Gasteiger partial charge is 0.497 e. The lowest BCUT2D eigenvalue weighted by molar-refractivity contribution is -0.384. The minimum Gasteiger partial charge on any atom is -0.497 e. The van der Waals surface area contributed by atoms with Gasteiger partial charge in [0.2, 0.25) is 0 Å². The summed E-state index contributed by atoms with van der Waals surface area (Å²) >= 11 is 0. The van der Waals surface area contributed by atoms with Gasteiger partial charge in [-0.3, -0.25) is 14.9 Å². The maximum Gasteiger partial charge on any atom is 0.276 e. The van der Waals surface area contributed by atoms with Gasteiger partial charge in [-0.25, -0.2) is 4.68 Å². The number of anilines is 1. The Labute approximate surface area is 194 Å². The number of nitro groups is 1. The predicted molar refractivity (Wildman–Crippen MR) is 123 cm³/mol. The van der Waals surface area contributed by atoms with E-state index in [9.17, 15) is 14.9 Å². The Morgan fingerprint density at radius 2 is 1.71 bits per heavy atom. The molecule has 0 saturated heterocycles. The molecular weight excluding hydrogens is 440 g/mol. The molecule has 0 aliphatic carbocycles. The molecule has 1 amide bonds. The number of nitrogens with one attached hydrogen (secondary N) is 1. The van der Waals surface area contributed by atoms with Crippen molar-refractivity contribution in [3.63, 3.8) is 0 Å². The zero-order valence-corrected chi connectivity index (χ0v) is 18.1. The number of carbonyl (C=O) groups is 1. The monoisotopic (exact) mass is 460 g/mol. The van der Waals surface area contributed by atoms with Crippen LogP contribution in [-0.4, -0.2) is 27.7 Å². The molecule has 0 fully saturated rings. The van der Waals surface area contributed by atoms with Crippen molar-refractivity contribution in [3.05, 3.63) is 101 Å². The molecular formula is C24H20N4O6. The second-order valence-electron chi connectivity index (χ2n) is 7.03. The van der Waals surface area contributed by atoms with Gasteiger partial charge in [-0.05, 0) is 42.5 Å². The summed E-state index contributed by atoms with van der Waals surface area (Å²) in [4.78, 5) is 23.5. The number of benzene rings is 3. The van der Waals surface area contributed by atoms with Gasteiger partial charge in [-0.15, -0.1) is 0 Å². The van der Waals surface area contributed by atoms with Crippen LogP contribution in [0.15, 0.2) is 85.1 Å². The molecule has 10 nitrogen and oxygen atoms in total. The van der Waals surface area contributed by atoms with Crippen LogP contribution in [0.2, 0.25) is 0 Å². The molecule has 0 aliphatic heterocycles. The smallest absolute Gasteiger partial charge is 0.276 e. The minimum atomic E-state index is -0.563. The number of nitrogens with zero attached hydrogens (tertiary/aromatic N) is 3. The highest BCUT2D eigenvalue weighted by Gasteiger charge is 2.15. The summed E-state index contributed by atoms with van der Waals surface area (Å²) in [6.07, 6.45) is 1.60. The lowest BCUT2D eigenvalue weighted by Gasteiger charge is -2.09. The summed E-state index contributed by atoms with van der Waals surface area (Å²) in [5, 5.41) is 18.2. The number of hydrogen-bond donors (Lipinski definition) is 1. The maximum atomic E-state index is 12.7. The Hall–Kier alpha value is -4.86. The molecule has 172 valence electrons. The van der Waals surface area contributed by atoms with Gasteiger partial charge in [-0.1, -0.05) is 18.2 Å². The number of nitro benzene ring substituents is 1. The number of para-hydroxylation sites is 1. The average Bonchev–Trinajstić information content (AvgIpc) is 3.33. The van der Waals surface area contributed by atoms with Crippen molar-refractivity contribution in [1.29, 1.82) is 0 Å². The molecule has 4 rings (SSSR count). The average molecular weight is 460 g/mol. The Balaban J connectivity index is 1.46. The van der Waals surface area contributed by atoms with Gasteiger partial charge in [0.15, 0.2) is 12.4 Å². The van der Waals surface area contributed by atoms with E-state index in [4.69, 9.17) is 14.2 Å². The first-order chi connectivity index (χ1) is 16.5. The summed E-state index contributed by atoms with van der Waals surface area (Å²) in [7, 11) is 1.55. The summed E-state index contributed by atoms with van der Waals surface area (Å²) < 4.78 is 17.9. The van der Waals surface area contributed by atoms with E-state index >= 15 is 0 Å². The summed E-state index contributed by atoms with van der Waals surface area (Å²) in [6, 6.07) is 21.5. The fourth-order valence-electron chi connectivity index (χ4n) is 3.01. The molecule has 34 heavy (non-hydrogen) atoms. The zero-order valence-electron chi connectivity index (χ0n) is 18.1. The van der Waals surface area contributed by atoms with E-state index in [-0.39, 0.29) is 29.5 Å². The number of hydrogen-bond acceptors (Lipinski definition) is 7. The van der Waals surface area contributed by atoms with Gasteiger partial charge in [0, 0.05) is 18.3 Å². The van der Waals surface area contributed by atoms with Crippen molar-refractivity contribution < 1.29 is 23.9 Å². The molecule has 0 aliphatic rings. The predicted octanol–water partition coefficient (Wildman–Crippen LogP) is 4.88. The molecule has 1 N–H and O–H groups in total. The van der Waals surface area contributed by atoms with Crippen LogP contribution >= 0.6 is 0 Å². The number of carbonyl (C=O) groups excluding carboxylic acids is 1. The number of non-ortho nitro benzene ring substituents is 1. The Morgan fingerprint density at radius 3 is 2.41 bits per heavy atom. The Morgan fingerprint density at radius 1 is 0.971 bits per heavy atom. The topological polar surface area (TPSA) is 118 Å². The molecule has 1 heterocycles. The second kappa shape index (κ2) is 10.2. The van der Waals surface area contributed by atoms with E-state index in [1.165, 1.54) is 28.9 Å². The van der Waals surface area contributed by atoms with Gasteiger partial charge >= 0.3 is 0 Å². The lowest BCUT2D eigenvalue weighted by atomic mass is 10.2. The highest BCUT2D eigenvalue weighted by atomic mass is 16.6. The van der Waals surface area contributed by atoms with E-state index in [0.29, 0.717) is 17.2 Å². The number of aromatic nitrogens is 2. The van der Waals surface area contributed by atoms with Crippen molar-refractivity contribution in [2.75, 3.05) is 12.4 Å². The van der Waals surface area contributed by atoms with Gasteiger partial charge in [0.25, 0.3) is 11.6 Å². The van der Waals surface area contributed by atoms with Crippen LogP contribution in [0.25, 0.3) is 0 Å². The van der Waals surface area contributed by atoms with E-state index in [2.05, 4.69) is 10.4 Å². The number of methoxy groups -OCH3 is 1. The third kappa shape index (κ3) is 5.68. The third-order valence-corrected chi connectivity index (χ3v) is 4.64. The quantitative estimate of drug-likeness (QED) is 0.279. The fourth-order valence-corrected chi connectivity index (χ4v) is 3.01. The Bertz CT molecular complexity index is 1290. The molecule has 0 unspecified atom stereocenters. The first-order valence-corrected chi connectivity index (χ1v) is 10.1. The van der Waals surface area contributed by atoms with E-state index in [1.807, 2.05) is 30.3 Å². The SMILES string of the molecule is COc1ccc(Oc2cc(NC(=O)c3ccn(COc4ccccc4)n3)cc([N+](=O)[O-])c2)cc1. The van der Waals surface area contributed by atoms with Gasteiger partial charge in [0.1, 0.15) is 23.0 Å². The molecule has 4 aromatic rings. The number of ether oxygens (including phenoxy) is 3. The highest BCUT2D eigenvalue weighted by molar-refractivity contribution is 6.03. The van der Waals surface area contributed by atoms with Crippen molar-refractivity contribution in [3.8, 4) is 23.0 Å². The number of rotatable bonds is 9. The zero-order chi connectivity index (χ0) is 23.9. The first kappa shape index (κ1) is 22.3. The van der Waals surface area contributed by atoms with Gasteiger partial charge in [-0.2, -0.15) is 5.10 Å². The van der Waals surface area contributed by atoms with Gasteiger partial charge in [0.05, 0.1) is 23.8 Å². The van der Waals surface area contributed by atoms with Crippen molar-refractivity contribution in [1.82, 2.24) is 9.78 Å². The first-order valence-electron chi connectivity index (χ1n) is 10.1. The van der Waals surface area contributed by atoms with Crippen LogP contribution in [0.1, 0.15) is 10.5 Å². The van der Waals surface area contributed by atoms with Crippen LogP contribution in [-0.2, 0) is 6.73 Å². The van der Waals surface area contributed by atoms with Crippen LogP contribution in [0.3, 0.4) is 0 Å². The van der Waals surface area contributed by atoms with E-state index in [1.54, 1.807) is 37.6 Å². The second-order valence-corrected chi connectivity index (χ2v) is 7.03. The molecule has 0 saturated carbocycles. The normalized spacial score (nSPS) is 10.4. The Kier molecular flexibility index (Phi) is 6.68. The maximum absolute atomic E-state index is 12.7. The standard InChI is InChI=1S/C24H20N4O6/c1-32-19-7-9-21(10-8-19)34-22-14-17(13-18(15-22)28(30)31)25-24(29)23-11-12-27(26-23)16-33-20-5-3-2-4-6-20/h2-15H,16H2,1H3,(H,25,29). The third-order valence-electron chi connectivity index (χ3n) is 4.64. The fraction of sp³-hybridized carbons (Fsp3) is 0.0833. The van der Waals surface area contributed by atoms with E-state index < -0.39 is 10.8 Å². The van der Waals surface area contributed by atoms with Crippen molar-refractivity contribution in [2.45, 2.75) is 6.73 Å². The molecule has 0 radical (unpaired) electrons.